The molecule has 4 amide bonds. The van der Waals surface area contributed by atoms with E-state index in [9.17, 15) is 28.8 Å². The third-order valence-electron chi connectivity index (χ3n) is 10.0. The Balaban J connectivity index is 1.24. The summed E-state index contributed by atoms with van der Waals surface area (Å²) in [4.78, 5) is 96.1. The molecular weight excluding hydrogens is 678 g/mol. The van der Waals surface area contributed by atoms with Crippen LogP contribution in [-0.2, 0) is 28.8 Å². The lowest BCUT2D eigenvalue weighted by Crippen LogP contribution is -2.59. The number of amides is 4. The summed E-state index contributed by atoms with van der Waals surface area (Å²) >= 11 is 6.24. The zero-order valence-electron chi connectivity index (χ0n) is 29.0. The van der Waals surface area contributed by atoms with Crippen molar-refractivity contribution in [3.8, 4) is 0 Å². The Kier molecular flexibility index (Phi) is 9.99. The maximum atomic E-state index is 14.6. The molecule has 15 heteroatoms. The number of hydrogen-bond acceptors (Lipinski definition) is 10. The molecule has 4 aliphatic rings. The molecule has 2 unspecified atom stereocenters. The van der Waals surface area contributed by atoms with E-state index in [2.05, 4.69) is 31.1 Å². The van der Waals surface area contributed by atoms with E-state index >= 15 is 0 Å². The molecule has 6 rings (SSSR count). The number of nitrogens with one attached hydrogen (secondary N) is 3. The number of aromatic nitrogens is 2. The monoisotopic (exact) mass is 719 g/mol. The van der Waals surface area contributed by atoms with Crippen molar-refractivity contribution in [3.05, 3.63) is 59.1 Å². The first kappa shape index (κ1) is 36.1. The summed E-state index contributed by atoms with van der Waals surface area (Å²) in [6.45, 7) is 5.36. The van der Waals surface area contributed by atoms with Crippen molar-refractivity contribution >= 4 is 52.5 Å². The van der Waals surface area contributed by atoms with E-state index in [4.69, 9.17) is 16.4 Å². The molecule has 1 aromatic carbocycles. The van der Waals surface area contributed by atoms with Crippen LogP contribution in [0.1, 0.15) is 75.3 Å². The van der Waals surface area contributed by atoms with E-state index in [-0.39, 0.29) is 36.8 Å². The van der Waals surface area contributed by atoms with Gasteiger partial charge in [-0.1, -0.05) is 62.5 Å². The number of rotatable bonds is 12. The van der Waals surface area contributed by atoms with Gasteiger partial charge in [0.1, 0.15) is 17.8 Å². The highest BCUT2D eigenvalue weighted by Crippen LogP contribution is 2.43. The molecule has 0 radical (unpaired) electrons. The quantitative estimate of drug-likeness (QED) is 0.218. The second-order valence-electron chi connectivity index (χ2n) is 15.1. The number of nitrogens with zero attached hydrogens (tertiary/aromatic N) is 4. The molecule has 1 saturated heterocycles. The number of Topliss-reactive ketones (excluding diaryl/α,β-unsaturated/α-hetero) is 2. The summed E-state index contributed by atoms with van der Waals surface area (Å²) < 4.78 is 0. The van der Waals surface area contributed by atoms with Gasteiger partial charge in [-0.3, -0.25) is 33.8 Å². The third-order valence-corrected chi connectivity index (χ3v) is 10.2. The summed E-state index contributed by atoms with van der Waals surface area (Å²) in [5, 5.41) is 12.9. The highest BCUT2D eigenvalue weighted by atomic mass is 35.5. The second-order valence-corrected chi connectivity index (χ2v) is 15.5. The van der Waals surface area contributed by atoms with Crippen molar-refractivity contribution in [1.29, 1.82) is 0 Å². The smallest absolute Gasteiger partial charge is 0.289 e. The van der Waals surface area contributed by atoms with Gasteiger partial charge in [0.25, 0.3) is 5.91 Å². The molecule has 14 nitrogen and oxygen atoms in total. The Bertz CT molecular complexity index is 1780. The minimum atomic E-state index is -1.11. The average Bonchev–Trinajstić information content (AvgIpc) is 4.03. The Hall–Kier alpha value is -4.72. The van der Waals surface area contributed by atoms with Crippen LogP contribution in [0.15, 0.2) is 48.0 Å². The summed E-state index contributed by atoms with van der Waals surface area (Å²) in [6, 6.07) is 3.85. The van der Waals surface area contributed by atoms with Gasteiger partial charge in [0.05, 0.1) is 24.5 Å². The fourth-order valence-corrected chi connectivity index (χ4v) is 7.06. The number of carbonyl (C=O) groups excluding carboxylic acids is 6. The van der Waals surface area contributed by atoms with Gasteiger partial charge in [-0.2, -0.15) is 0 Å². The van der Waals surface area contributed by atoms with Crippen molar-refractivity contribution in [3.63, 3.8) is 0 Å². The molecule has 3 fully saturated rings. The average molecular weight is 720 g/mol. The van der Waals surface area contributed by atoms with Gasteiger partial charge in [0.15, 0.2) is 11.4 Å². The fourth-order valence-electron chi connectivity index (χ4n) is 6.87. The van der Waals surface area contributed by atoms with Crippen molar-refractivity contribution < 1.29 is 33.6 Å². The molecule has 51 heavy (non-hydrogen) atoms. The molecule has 2 saturated carbocycles. The predicted molar refractivity (Wildman–Crippen MR) is 184 cm³/mol. The number of benzene rings is 1. The third kappa shape index (κ3) is 7.95. The molecule has 3 heterocycles. The number of likely N-dealkylation sites (tertiary alicyclic amines) is 1. The highest BCUT2D eigenvalue weighted by Gasteiger charge is 2.56. The first-order valence-corrected chi connectivity index (χ1v) is 17.6. The molecule has 3 N–H and O–H groups in total. The van der Waals surface area contributed by atoms with Crippen molar-refractivity contribution in [2.24, 2.45) is 28.3 Å². The zero-order chi connectivity index (χ0) is 36.7. The van der Waals surface area contributed by atoms with Gasteiger partial charge in [-0.15, -0.1) is 0 Å². The molecule has 270 valence electrons. The van der Waals surface area contributed by atoms with E-state index in [0.717, 1.165) is 18.4 Å². The lowest BCUT2D eigenvalue weighted by Gasteiger charge is -2.35. The van der Waals surface area contributed by atoms with Crippen LogP contribution >= 0.6 is 11.6 Å². The van der Waals surface area contributed by atoms with Crippen molar-refractivity contribution in [2.75, 3.05) is 13.6 Å². The number of likely N-dealkylation sites (N-methyl/N-ethyl adjacent to an activating group) is 1. The number of oxime groups is 1. The van der Waals surface area contributed by atoms with E-state index < -0.39 is 70.4 Å². The zero-order valence-corrected chi connectivity index (χ0v) is 29.7. The minimum absolute atomic E-state index is 0.0339. The normalized spacial score (nSPS) is 24.9. The molecular formula is C36H42ClN7O7. The Morgan fingerprint density at radius 1 is 1.06 bits per heavy atom. The number of halogens is 1. The van der Waals surface area contributed by atoms with Crippen LogP contribution in [0.5, 0.6) is 0 Å². The summed E-state index contributed by atoms with van der Waals surface area (Å²) in [6.07, 6.45) is 6.93. The first-order valence-electron chi connectivity index (χ1n) is 17.2. The standard InChI is InChI=1S/C36H42ClN7O7/c1-35(2,3)30(42-31(47)23-14-22(23)28(45)26-17-39-10-11-40-26)34(50)44-18-36(15-25(43-51-36)20-6-5-7-21(37)13-20)16-27(44)32(48)41-24(12-19-8-9-19)29(46)33(49)38-4/h5-7,10-11,13,17,19,22-24,27,30H,8-9,12,14-16,18H2,1-4H3,(H,38,49)(H,41,48)(H,42,47)/t22?,23?,24-,27-,30+,36+/m0/s1. The summed E-state index contributed by atoms with van der Waals surface area (Å²) in [5.41, 5.74) is -0.390. The van der Waals surface area contributed by atoms with Crippen LogP contribution in [0.4, 0.5) is 0 Å². The number of hydrogen-bond donors (Lipinski definition) is 3. The Labute approximate surface area is 300 Å². The topological polar surface area (TPSA) is 189 Å². The first-order chi connectivity index (χ1) is 24.2. The van der Waals surface area contributed by atoms with Gasteiger partial charge in [0, 0.05) is 54.7 Å². The lowest BCUT2D eigenvalue weighted by molar-refractivity contribution is -0.145. The van der Waals surface area contributed by atoms with Gasteiger partial charge in [-0.05, 0) is 36.3 Å². The maximum Gasteiger partial charge on any atom is 0.289 e. The van der Waals surface area contributed by atoms with Gasteiger partial charge in [-0.25, -0.2) is 4.98 Å². The number of ketones is 2. The van der Waals surface area contributed by atoms with E-state index in [1.807, 2.05) is 6.07 Å². The molecule has 6 atom stereocenters. The number of carbonyl (C=O) groups is 6. The maximum absolute atomic E-state index is 14.6. The molecule has 2 aromatic rings. The second kappa shape index (κ2) is 14.1. The van der Waals surface area contributed by atoms with Crippen LogP contribution in [0.25, 0.3) is 0 Å². The van der Waals surface area contributed by atoms with E-state index in [1.54, 1.807) is 39.0 Å². The Morgan fingerprint density at radius 3 is 2.47 bits per heavy atom. The van der Waals surface area contributed by atoms with Gasteiger partial charge in [0.2, 0.25) is 23.5 Å². The van der Waals surface area contributed by atoms with Gasteiger partial charge >= 0.3 is 0 Å². The minimum Gasteiger partial charge on any atom is -0.387 e. The van der Waals surface area contributed by atoms with Crippen molar-refractivity contribution in [1.82, 2.24) is 30.8 Å². The van der Waals surface area contributed by atoms with Crippen LogP contribution in [0.3, 0.4) is 0 Å². The molecule has 0 bridgehead atoms. The molecule has 1 spiro atoms. The van der Waals surface area contributed by atoms with Crippen molar-refractivity contribution in [2.45, 2.75) is 83.0 Å². The van der Waals surface area contributed by atoms with Crippen LogP contribution in [-0.4, -0.2) is 93.1 Å². The SMILES string of the molecule is CNC(=O)C(=O)[C@H](CC1CC1)NC(=O)[C@@H]1C[C@]2(CC(c3cccc(Cl)c3)=NO2)CN1C(=O)[C@@H](NC(=O)C1CC1C(=O)c1cnccn1)C(C)(C)C. The van der Waals surface area contributed by atoms with Crippen LogP contribution in [0.2, 0.25) is 5.02 Å². The molecule has 2 aliphatic heterocycles. The van der Waals surface area contributed by atoms with Crippen LogP contribution < -0.4 is 16.0 Å². The predicted octanol–water partition coefficient (Wildman–Crippen LogP) is 2.24. The molecule has 1 aromatic heterocycles. The summed E-state index contributed by atoms with van der Waals surface area (Å²) in [5.74, 6) is -4.49. The van der Waals surface area contributed by atoms with Gasteiger partial charge < -0.3 is 25.7 Å². The fraction of sp³-hybridized carbons (Fsp3) is 0.528. The lowest BCUT2D eigenvalue weighted by atomic mass is 9.85. The molecule has 2 aliphatic carbocycles. The van der Waals surface area contributed by atoms with E-state index in [0.29, 0.717) is 23.6 Å². The van der Waals surface area contributed by atoms with E-state index in [1.165, 1.54) is 30.5 Å². The Morgan fingerprint density at radius 2 is 1.82 bits per heavy atom. The van der Waals surface area contributed by atoms with Crippen LogP contribution in [0, 0.1) is 23.2 Å². The largest absolute Gasteiger partial charge is 0.387 e. The highest BCUT2D eigenvalue weighted by molar-refractivity contribution is 6.38. The summed E-state index contributed by atoms with van der Waals surface area (Å²) in [7, 11) is 1.35.